The molecule has 11 heteroatoms. The summed E-state index contributed by atoms with van der Waals surface area (Å²) in [6.45, 7) is -4.08. The molecule has 1 rings (SSSR count). The lowest BCUT2D eigenvalue weighted by atomic mass is 10.3. The van der Waals surface area contributed by atoms with E-state index in [0.29, 0.717) is 0 Å². The predicted molar refractivity (Wildman–Crippen MR) is 68.7 cm³/mol. The van der Waals surface area contributed by atoms with Crippen molar-refractivity contribution in [1.82, 2.24) is 0 Å². The number of benzene rings is 1. The van der Waals surface area contributed by atoms with E-state index in [1.165, 1.54) is 0 Å². The summed E-state index contributed by atoms with van der Waals surface area (Å²) < 4.78 is 72.3. The van der Waals surface area contributed by atoms with Gasteiger partial charge in [-0.05, 0) is 34.0 Å². The fourth-order valence-corrected chi connectivity index (χ4v) is 3.88. The summed E-state index contributed by atoms with van der Waals surface area (Å²) in [5.74, 6) is -11.0. The molecule has 0 spiro atoms. The minimum Gasteiger partial charge on any atom is -0.200 e. The quantitative estimate of drug-likeness (QED) is 0.204. The van der Waals surface area contributed by atoms with E-state index >= 15 is 0 Å². The maximum absolute atomic E-state index is 13.5. The topological polar surface area (TPSA) is 24.7 Å². The first-order valence-corrected chi connectivity index (χ1v) is 7.51. The number of halogens is 6. The van der Waals surface area contributed by atoms with Gasteiger partial charge in [-0.25, -0.2) is 13.2 Å². The molecule has 0 bridgehead atoms. The highest BCUT2D eigenvalue weighted by Crippen LogP contribution is 2.66. The molecule has 0 aliphatic carbocycles. The molecule has 0 amide bonds. The Morgan fingerprint density at radius 3 is 1.42 bits per heavy atom. The lowest BCUT2D eigenvalue weighted by Gasteiger charge is -2.08. The van der Waals surface area contributed by atoms with E-state index < -0.39 is 41.3 Å². The molecule has 0 unspecified atom stereocenters. The van der Waals surface area contributed by atoms with E-state index in [-0.39, 0.29) is 0 Å². The Labute approximate surface area is 119 Å². The molecule has 1 aromatic rings. The van der Waals surface area contributed by atoms with Crippen molar-refractivity contribution in [3.8, 4) is 0 Å². The summed E-state index contributed by atoms with van der Waals surface area (Å²) in [6, 6.07) is 0. The van der Waals surface area contributed by atoms with Crippen LogP contribution in [0.25, 0.3) is 0 Å². The molecule has 0 saturated carbocycles. The monoisotopic (exact) mass is 349 g/mol. The summed E-state index contributed by atoms with van der Waals surface area (Å²) in [7, 11) is 0. The van der Waals surface area contributed by atoms with Crippen molar-refractivity contribution in [1.29, 1.82) is 0 Å². The molecule has 100 valence electrons. The minimum atomic E-state index is -4.08. The maximum Gasteiger partial charge on any atom is 0.405 e. The van der Waals surface area contributed by atoms with Crippen LogP contribution in [0.15, 0.2) is 9.53 Å². The fourth-order valence-electron chi connectivity index (χ4n) is 1.07. The number of isothiocyanates is 2. The van der Waals surface area contributed by atoms with Crippen molar-refractivity contribution in [3.63, 3.8) is 0 Å². The van der Waals surface area contributed by atoms with Gasteiger partial charge in [0.15, 0.2) is 11.2 Å². The van der Waals surface area contributed by atoms with E-state index in [2.05, 4.69) is 34.0 Å². The molecule has 0 aliphatic heterocycles. The van der Waals surface area contributed by atoms with Crippen molar-refractivity contribution < 1.29 is 22.0 Å². The first-order chi connectivity index (χ1) is 8.80. The zero-order valence-corrected chi connectivity index (χ0v) is 11.7. The molecule has 0 aromatic heterocycles. The summed E-state index contributed by atoms with van der Waals surface area (Å²) in [5.41, 5.74) is 0. The van der Waals surface area contributed by atoms with Crippen molar-refractivity contribution in [3.05, 3.63) is 29.1 Å². The minimum absolute atomic E-state index is 1.40. The number of rotatable bonds is 3. The third kappa shape index (κ3) is 2.87. The summed E-state index contributed by atoms with van der Waals surface area (Å²) in [4.78, 5) is 0. The summed E-state index contributed by atoms with van der Waals surface area (Å²) in [6.07, 6.45) is 0. The number of hydrogen-bond acceptors (Lipinski definition) is 4. The Morgan fingerprint density at radius 1 is 0.789 bits per heavy atom. The van der Waals surface area contributed by atoms with Gasteiger partial charge in [0, 0.05) is 0 Å². The van der Waals surface area contributed by atoms with Crippen molar-refractivity contribution >= 4 is 58.2 Å². The molecule has 0 fully saturated rings. The average Bonchev–Trinajstić information content (AvgIpc) is 2.34. The SMILES string of the molecule is Fc1c(F)c(F)c([P+](Cl)(N=C=S)N=C=S)c(F)c1F. The molecular weight excluding hydrogens is 350 g/mol. The molecule has 0 atom stereocenters. The third-order valence-corrected chi connectivity index (χ3v) is 4.92. The van der Waals surface area contributed by atoms with E-state index in [4.69, 9.17) is 11.2 Å². The first kappa shape index (κ1) is 16.2. The predicted octanol–water partition coefficient (Wildman–Crippen LogP) is 4.21. The maximum atomic E-state index is 13.5. The van der Waals surface area contributed by atoms with Gasteiger partial charge in [-0.3, -0.25) is 0 Å². The smallest absolute Gasteiger partial charge is 0.200 e. The standard InChI is InChI=1S/C8ClF5N2PS2/c9-17(15-1-18,16-2-19)8-6(13)4(11)3(10)5(12)7(8)14/q+1. The highest BCUT2D eigenvalue weighted by Gasteiger charge is 2.50. The van der Waals surface area contributed by atoms with Crippen molar-refractivity contribution in [2.24, 2.45) is 9.53 Å². The second kappa shape index (κ2) is 6.09. The van der Waals surface area contributed by atoms with Crippen molar-refractivity contribution in [2.75, 3.05) is 0 Å². The largest absolute Gasteiger partial charge is 0.405 e. The van der Waals surface area contributed by atoms with Crippen LogP contribution in [0.4, 0.5) is 22.0 Å². The van der Waals surface area contributed by atoms with Crippen LogP contribution in [0.5, 0.6) is 0 Å². The average molecular weight is 350 g/mol. The third-order valence-electron chi connectivity index (χ3n) is 1.82. The fraction of sp³-hybridized carbons (Fsp3) is 0. The summed E-state index contributed by atoms with van der Waals surface area (Å²) >= 11 is 14.0. The zero-order valence-electron chi connectivity index (χ0n) is 8.43. The van der Waals surface area contributed by atoms with E-state index in [1.807, 2.05) is 0 Å². The highest BCUT2D eigenvalue weighted by molar-refractivity contribution is 8.03. The Balaban J connectivity index is 3.85. The van der Waals surface area contributed by atoms with Gasteiger partial charge in [0.1, 0.15) is 10.3 Å². The molecule has 1 aromatic carbocycles. The molecule has 0 radical (unpaired) electrons. The van der Waals surface area contributed by atoms with Crippen molar-refractivity contribution in [2.45, 2.75) is 0 Å². The van der Waals surface area contributed by atoms with Gasteiger partial charge in [0.25, 0.3) is 0 Å². The van der Waals surface area contributed by atoms with Gasteiger partial charge in [-0.1, -0.05) is 0 Å². The molecule has 0 saturated heterocycles. The van der Waals surface area contributed by atoms with Crippen LogP contribution in [0.1, 0.15) is 0 Å². The van der Waals surface area contributed by atoms with Gasteiger partial charge in [-0.15, -0.1) is 0 Å². The summed E-state index contributed by atoms with van der Waals surface area (Å²) in [5, 5.41) is 1.94. The van der Waals surface area contributed by atoms with Gasteiger partial charge in [0.2, 0.25) is 34.4 Å². The van der Waals surface area contributed by atoms with Crippen LogP contribution < -0.4 is 5.30 Å². The van der Waals surface area contributed by atoms with E-state index in [9.17, 15) is 22.0 Å². The first-order valence-electron chi connectivity index (χ1n) is 4.09. The van der Waals surface area contributed by atoms with Crippen LogP contribution in [-0.2, 0) is 0 Å². The Morgan fingerprint density at radius 2 is 1.11 bits per heavy atom. The lowest BCUT2D eigenvalue weighted by molar-refractivity contribution is 0.384. The lowest BCUT2D eigenvalue weighted by Crippen LogP contribution is -2.20. The number of hydrogen-bond donors (Lipinski definition) is 0. The Bertz CT molecular complexity index is 596. The Kier molecular flexibility index (Phi) is 5.21. The molecular formula is C8ClF5N2PS2+. The second-order valence-electron chi connectivity index (χ2n) is 2.83. The van der Waals surface area contributed by atoms with Gasteiger partial charge >= 0.3 is 6.92 Å². The van der Waals surface area contributed by atoms with Gasteiger partial charge < -0.3 is 0 Å². The highest BCUT2D eigenvalue weighted by atomic mass is 35.7. The van der Waals surface area contributed by atoms with Crippen LogP contribution in [0, 0.1) is 29.1 Å². The second-order valence-corrected chi connectivity index (χ2v) is 6.50. The molecule has 0 heterocycles. The Hall–Kier alpha value is -0.810. The molecule has 0 N–H and O–H groups in total. The molecule has 2 nitrogen and oxygen atoms in total. The van der Waals surface area contributed by atoms with Gasteiger partial charge in [-0.2, -0.15) is 8.78 Å². The van der Waals surface area contributed by atoms with Crippen LogP contribution in [-0.4, -0.2) is 10.3 Å². The van der Waals surface area contributed by atoms with E-state index in [1.54, 1.807) is 10.3 Å². The normalized spacial score (nSPS) is 13.2. The zero-order chi connectivity index (χ0) is 14.8. The van der Waals surface area contributed by atoms with Crippen LogP contribution >= 0.6 is 42.6 Å². The van der Waals surface area contributed by atoms with Gasteiger partial charge in [0.05, 0.1) is 0 Å². The number of thiocarbonyl (C=S) groups is 2. The molecule has 0 aliphatic rings. The van der Waals surface area contributed by atoms with Crippen LogP contribution in [0.2, 0.25) is 0 Å². The van der Waals surface area contributed by atoms with Crippen LogP contribution in [0.3, 0.4) is 0 Å². The van der Waals surface area contributed by atoms with E-state index in [0.717, 1.165) is 0 Å². The number of nitrogens with zero attached hydrogens (tertiary/aromatic N) is 2. The molecule has 19 heavy (non-hydrogen) atoms.